The van der Waals surface area contributed by atoms with Crippen LogP contribution in [-0.2, 0) is 11.2 Å². The molecule has 0 saturated carbocycles. The topological polar surface area (TPSA) is 38.5 Å². The van der Waals surface area contributed by atoms with Crippen LogP contribution in [0, 0.1) is 6.92 Å². The molecule has 0 aliphatic carbocycles. The molecule has 20 heavy (non-hydrogen) atoms. The van der Waals surface area contributed by atoms with Gasteiger partial charge in [-0.25, -0.2) is 0 Å². The van der Waals surface area contributed by atoms with Crippen LogP contribution in [0.4, 0.5) is 5.69 Å². The lowest BCUT2D eigenvalue weighted by Crippen LogP contribution is -2.29. The summed E-state index contributed by atoms with van der Waals surface area (Å²) in [7, 11) is 0. The molecule has 0 heterocycles. The highest BCUT2D eigenvalue weighted by atomic mass is 16.5. The second-order valence-corrected chi connectivity index (χ2v) is 5.28. The lowest BCUT2D eigenvalue weighted by atomic mass is 10.00. The fraction of sp³-hybridized carbons (Fsp3) is 0.647. The highest BCUT2D eigenvalue weighted by molar-refractivity contribution is 5.55. The minimum absolute atomic E-state index is 0.237. The fourth-order valence-electron chi connectivity index (χ4n) is 2.38. The van der Waals surface area contributed by atoms with Gasteiger partial charge in [0.2, 0.25) is 0 Å². The van der Waals surface area contributed by atoms with Crippen molar-refractivity contribution in [1.82, 2.24) is 0 Å². The number of nitrogens with two attached hydrogens (primary N) is 1. The summed E-state index contributed by atoms with van der Waals surface area (Å²) in [6.07, 6.45) is 1.96. The Morgan fingerprint density at radius 3 is 2.60 bits per heavy atom. The third kappa shape index (κ3) is 5.14. The molecular weight excluding hydrogens is 248 g/mol. The molecule has 0 aliphatic heterocycles. The summed E-state index contributed by atoms with van der Waals surface area (Å²) in [5.74, 6) is 0. The van der Waals surface area contributed by atoms with Crippen molar-refractivity contribution in [1.29, 1.82) is 0 Å². The first kappa shape index (κ1) is 17.0. The minimum Gasteiger partial charge on any atom is -0.380 e. The van der Waals surface area contributed by atoms with E-state index in [2.05, 4.69) is 43.9 Å². The van der Waals surface area contributed by atoms with E-state index in [1.165, 1.54) is 16.8 Å². The molecule has 0 aromatic heterocycles. The van der Waals surface area contributed by atoms with E-state index in [1.54, 1.807) is 0 Å². The first-order chi connectivity index (χ1) is 9.62. The van der Waals surface area contributed by atoms with Crippen LogP contribution in [-0.4, -0.2) is 32.3 Å². The molecule has 3 nitrogen and oxygen atoms in total. The maximum Gasteiger partial charge on any atom is 0.0641 e. The van der Waals surface area contributed by atoms with E-state index in [4.69, 9.17) is 10.5 Å². The standard InChI is InChI=1S/C17H30N2O/c1-5-16(18)13-15-12-14(4)8-9-17(15)19(6-2)10-11-20-7-3/h8-9,12,16H,5-7,10-11,13,18H2,1-4H3. The minimum atomic E-state index is 0.237. The number of hydrogen-bond acceptors (Lipinski definition) is 3. The first-order valence-corrected chi connectivity index (χ1v) is 7.80. The Morgan fingerprint density at radius 2 is 2.00 bits per heavy atom. The molecule has 0 saturated heterocycles. The zero-order chi connectivity index (χ0) is 15.0. The van der Waals surface area contributed by atoms with E-state index in [0.717, 1.165) is 39.1 Å². The summed E-state index contributed by atoms with van der Waals surface area (Å²) in [6, 6.07) is 6.91. The van der Waals surface area contributed by atoms with Crippen LogP contribution in [0.15, 0.2) is 18.2 Å². The third-order valence-electron chi connectivity index (χ3n) is 3.67. The highest BCUT2D eigenvalue weighted by Gasteiger charge is 2.12. The van der Waals surface area contributed by atoms with Gasteiger partial charge in [-0.2, -0.15) is 0 Å². The number of hydrogen-bond donors (Lipinski definition) is 1. The van der Waals surface area contributed by atoms with Crippen molar-refractivity contribution in [3.05, 3.63) is 29.3 Å². The van der Waals surface area contributed by atoms with Crippen molar-refractivity contribution < 1.29 is 4.74 Å². The van der Waals surface area contributed by atoms with Gasteiger partial charge in [-0.05, 0) is 45.2 Å². The van der Waals surface area contributed by atoms with Gasteiger partial charge < -0.3 is 15.4 Å². The van der Waals surface area contributed by atoms with Gasteiger partial charge in [0.1, 0.15) is 0 Å². The van der Waals surface area contributed by atoms with Crippen LogP contribution in [0.5, 0.6) is 0 Å². The molecule has 0 fully saturated rings. The first-order valence-electron chi connectivity index (χ1n) is 7.80. The quantitative estimate of drug-likeness (QED) is 0.705. The molecule has 1 rings (SSSR count). The smallest absolute Gasteiger partial charge is 0.0641 e. The molecule has 3 heteroatoms. The predicted molar refractivity (Wildman–Crippen MR) is 87.5 cm³/mol. The van der Waals surface area contributed by atoms with E-state index >= 15 is 0 Å². The number of ether oxygens (including phenoxy) is 1. The van der Waals surface area contributed by atoms with Crippen molar-refractivity contribution >= 4 is 5.69 Å². The Bertz CT molecular complexity index is 393. The summed E-state index contributed by atoms with van der Waals surface area (Å²) in [5, 5.41) is 0. The van der Waals surface area contributed by atoms with Gasteiger partial charge in [-0.3, -0.25) is 0 Å². The molecule has 0 aliphatic rings. The molecular formula is C17H30N2O. The summed E-state index contributed by atoms with van der Waals surface area (Å²) in [6.45, 7) is 12.0. The maximum atomic E-state index is 6.14. The molecule has 0 amide bonds. The van der Waals surface area contributed by atoms with Crippen LogP contribution in [0.2, 0.25) is 0 Å². The van der Waals surface area contributed by atoms with E-state index in [-0.39, 0.29) is 6.04 Å². The average Bonchev–Trinajstić information content (AvgIpc) is 2.44. The predicted octanol–water partition coefficient (Wildman–Crippen LogP) is 3.14. The molecule has 114 valence electrons. The van der Waals surface area contributed by atoms with Crippen LogP contribution in [0.25, 0.3) is 0 Å². The maximum absolute atomic E-state index is 6.14. The van der Waals surface area contributed by atoms with Crippen molar-refractivity contribution in [3.63, 3.8) is 0 Å². The van der Waals surface area contributed by atoms with E-state index in [9.17, 15) is 0 Å². The lowest BCUT2D eigenvalue weighted by Gasteiger charge is -2.27. The number of anilines is 1. The van der Waals surface area contributed by atoms with Crippen molar-refractivity contribution in [2.75, 3.05) is 31.2 Å². The molecule has 1 unspecified atom stereocenters. The zero-order valence-corrected chi connectivity index (χ0v) is 13.5. The number of nitrogens with zero attached hydrogens (tertiary/aromatic N) is 1. The summed E-state index contributed by atoms with van der Waals surface area (Å²) in [5.41, 5.74) is 10.1. The molecule has 0 spiro atoms. The normalized spacial score (nSPS) is 12.4. The van der Waals surface area contributed by atoms with Crippen LogP contribution >= 0.6 is 0 Å². The second kappa shape index (κ2) is 8.98. The summed E-state index contributed by atoms with van der Waals surface area (Å²) >= 11 is 0. The molecule has 0 radical (unpaired) electrons. The van der Waals surface area contributed by atoms with Gasteiger partial charge in [0.15, 0.2) is 0 Å². The van der Waals surface area contributed by atoms with Crippen molar-refractivity contribution in [3.8, 4) is 0 Å². The largest absolute Gasteiger partial charge is 0.380 e. The van der Waals surface area contributed by atoms with Gasteiger partial charge in [0.05, 0.1) is 6.61 Å². The van der Waals surface area contributed by atoms with Gasteiger partial charge in [-0.1, -0.05) is 24.6 Å². The number of rotatable bonds is 9. The summed E-state index contributed by atoms with van der Waals surface area (Å²) < 4.78 is 5.49. The number of aryl methyl sites for hydroxylation is 1. The summed E-state index contributed by atoms with van der Waals surface area (Å²) in [4.78, 5) is 2.38. The van der Waals surface area contributed by atoms with Crippen molar-refractivity contribution in [2.45, 2.75) is 46.6 Å². The van der Waals surface area contributed by atoms with Crippen LogP contribution < -0.4 is 10.6 Å². The lowest BCUT2D eigenvalue weighted by molar-refractivity contribution is 0.154. The molecule has 0 bridgehead atoms. The van der Waals surface area contributed by atoms with E-state index < -0.39 is 0 Å². The third-order valence-corrected chi connectivity index (χ3v) is 3.67. The Labute approximate surface area is 124 Å². The zero-order valence-electron chi connectivity index (χ0n) is 13.5. The molecule has 1 aromatic rings. The Morgan fingerprint density at radius 1 is 1.25 bits per heavy atom. The SMILES string of the molecule is CCOCCN(CC)c1ccc(C)cc1CC(N)CC. The fourth-order valence-corrected chi connectivity index (χ4v) is 2.38. The van der Waals surface area contributed by atoms with E-state index in [0.29, 0.717) is 0 Å². The van der Waals surface area contributed by atoms with Crippen LogP contribution in [0.1, 0.15) is 38.3 Å². The Balaban J connectivity index is 2.89. The monoisotopic (exact) mass is 278 g/mol. The number of benzene rings is 1. The van der Waals surface area contributed by atoms with Crippen molar-refractivity contribution in [2.24, 2.45) is 5.73 Å². The van der Waals surface area contributed by atoms with Gasteiger partial charge >= 0.3 is 0 Å². The van der Waals surface area contributed by atoms with Gasteiger partial charge in [-0.15, -0.1) is 0 Å². The van der Waals surface area contributed by atoms with Crippen LogP contribution in [0.3, 0.4) is 0 Å². The molecule has 2 N–H and O–H groups in total. The highest BCUT2D eigenvalue weighted by Crippen LogP contribution is 2.23. The van der Waals surface area contributed by atoms with Gasteiger partial charge in [0, 0.05) is 31.4 Å². The average molecular weight is 278 g/mol. The second-order valence-electron chi connectivity index (χ2n) is 5.28. The number of likely N-dealkylation sites (N-methyl/N-ethyl adjacent to an activating group) is 1. The molecule has 1 aromatic carbocycles. The Kier molecular flexibility index (Phi) is 7.63. The molecule has 1 atom stereocenters. The van der Waals surface area contributed by atoms with E-state index in [1.807, 2.05) is 6.92 Å². The Hall–Kier alpha value is -1.06. The van der Waals surface area contributed by atoms with Gasteiger partial charge in [0.25, 0.3) is 0 Å².